The molecule has 0 bridgehead atoms. The van der Waals surface area contributed by atoms with Gasteiger partial charge in [0.15, 0.2) is 0 Å². The van der Waals surface area contributed by atoms with Crippen LogP contribution in [0.3, 0.4) is 0 Å². The van der Waals surface area contributed by atoms with E-state index in [1.807, 2.05) is 62.4 Å². The Bertz CT molecular complexity index is 1210. The van der Waals surface area contributed by atoms with Crippen LogP contribution in [0.15, 0.2) is 77.7 Å². The van der Waals surface area contributed by atoms with E-state index in [1.165, 1.54) is 28.6 Å². The Balaban J connectivity index is 1.85. The number of halogens is 1. The Morgan fingerprint density at radius 3 is 2.42 bits per heavy atom. The second kappa shape index (κ2) is 10.8. The highest BCUT2D eigenvalue weighted by molar-refractivity contribution is 7.89. The molecule has 0 aliphatic carbocycles. The Hall–Kier alpha value is -2.87. The number of para-hydroxylation sites is 1. The third-order valence-electron chi connectivity index (χ3n) is 5.20. The third-order valence-corrected chi connectivity index (χ3v) is 7.25. The Labute approximate surface area is 200 Å². The molecule has 0 unspecified atom stereocenters. The molecule has 0 fully saturated rings. The first-order chi connectivity index (χ1) is 15.7. The molecule has 6 nitrogen and oxygen atoms in total. The van der Waals surface area contributed by atoms with Crippen LogP contribution < -0.4 is 10.1 Å². The second-order valence-corrected chi connectivity index (χ2v) is 10.1. The molecule has 0 aromatic heterocycles. The quantitative estimate of drug-likeness (QED) is 0.474. The van der Waals surface area contributed by atoms with Crippen molar-refractivity contribution in [2.24, 2.45) is 0 Å². The fourth-order valence-electron chi connectivity index (χ4n) is 3.54. The van der Waals surface area contributed by atoms with E-state index in [1.54, 1.807) is 7.11 Å². The average molecular weight is 487 g/mol. The minimum atomic E-state index is -3.95. The number of hydrogen-bond acceptors (Lipinski definition) is 4. The molecular weight excluding hydrogens is 460 g/mol. The number of carbonyl (C=O) groups is 1. The molecule has 174 valence electrons. The normalized spacial score (nSPS) is 12.4. The van der Waals surface area contributed by atoms with Crippen LogP contribution in [0.4, 0.5) is 0 Å². The summed E-state index contributed by atoms with van der Waals surface area (Å²) in [6.07, 6.45) is 0. The zero-order valence-electron chi connectivity index (χ0n) is 18.8. The molecule has 1 amide bonds. The highest BCUT2D eigenvalue weighted by Crippen LogP contribution is 2.25. The van der Waals surface area contributed by atoms with E-state index in [4.69, 9.17) is 16.3 Å². The lowest BCUT2D eigenvalue weighted by Gasteiger charge is -2.24. The summed E-state index contributed by atoms with van der Waals surface area (Å²) in [5, 5.41) is 3.32. The number of sulfonamides is 1. The van der Waals surface area contributed by atoms with Crippen molar-refractivity contribution in [2.75, 3.05) is 13.7 Å². The standard InChI is InChI=1S/C25H27ClN2O4S/c1-18-7-6-8-20(15-18)16-28(33(30,31)22-13-11-21(26)12-14-22)17-25(29)27-19(2)23-9-4-5-10-24(23)32-3/h4-15,19H,16-17H2,1-3H3,(H,27,29)/t19-/m1/s1. The Morgan fingerprint density at radius 1 is 1.06 bits per heavy atom. The number of amides is 1. The van der Waals surface area contributed by atoms with E-state index in [0.717, 1.165) is 16.7 Å². The van der Waals surface area contributed by atoms with Gasteiger partial charge >= 0.3 is 0 Å². The lowest BCUT2D eigenvalue weighted by atomic mass is 10.1. The van der Waals surface area contributed by atoms with Crippen molar-refractivity contribution in [3.8, 4) is 5.75 Å². The number of rotatable bonds is 9. The maximum atomic E-state index is 13.4. The number of carbonyl (C=O) groups excluding carboxylic acids is 1. The van der Waals surface area contributed by atoms with Crippen molar-refractivity contribution in [1.82, 2.24) is 9.62 Å². The summed E-state index contributed by atoms with van der Waals surface area (Å²) in [5.74, 6) is 0.231. The maximum absolute atomic E-state index is 13.4. The summed E-state index contributed by atoms with van der Waals surface area (Å²) in [4.78, 5) is 13.0. The molecule has 33 heavy (non-hydrogen) atoms. The van der Waals surface area contributed by atoms with Crippen LogP contribution in [-0.2, 0) is 21.4 Å². The van der Waals surface area contributed by atoms with Crippen molar-refractivity contribution in [2.45, 2.75) is 31.3 Å². The lowest BCUT2D eigenvalue weighted by Crippen LogP contribution is -2.41. The molecule has 0 radical (unpaired) electrons. The van der Waals surface area contributed by atoms with Gasteiger partial charge in [0.25, 0.3) is 0 Å². The van der Waals surface area contributed by atoms with Crippen LogP contribution in [0.25, 0.3) is 0 Å². The van der Waals surface area contributed by atoms with Gasteiger partial charge in [-0.1, -0.05) is 59.6 Å². The van der Waals surface area contributed by atoms with Crippen molar-refractivity contribution in [3.05, 3.63) is 94.5 Å². The van der Waals surface area contributed by atoms with Gasteiger partial charge in [-0.15, -0.1) is 0 Å². The average Bonchev–Trinajstić information content (AvgIpc) is 2.79. The number of aryl methyl sites for hydroxylation is 1. The predicted octanol–water partition coefficient (Wildman–Crippen LogP) is 4.73. The van der Waals surface area contributed by atoms with Crippen molar-refractivity contribution < 1.29 is 17.9 Å². The van der Waals surface area contributed by atoms with Crippen LogP contribution in [0.2, 0.25) is 5.02 Å². The second-order valence-electron chi connectivity index (χ2n) is 7.75. The smallest absolute Gasteiger partial charge is 0.243 e. The third kappa shape index (κ3) is 6.35. The minimum absolute atomic E-state index is 0.0586. The molecule has 3 aromatic carbocycles. The zero-order valence-corrected chi connectivity index (χ0v) is 20.4. The number of hydrogen-bond donors (Lipinski definition) is 1. The maximum Gasteiger partial charge on any atom is 0.243 e. The van der Waals surface area contributed by atoms with Gasteiger partial charge < -0.3 is 10.1 Å². The van der Waals surface area contributed by atoms with Gasteiger partial charge in [-0.25, -0.2) is 8.42 Å². The van der Waals surface area contributed by atoms with Gasteiger partial charge in [-0.05, 0) is 49.7 Å². The highest BCUT2D eigenvalue weighted by atomic mass is 35.5. The van der Waals surface area contributed by atoms with Gasteiger partial charge in [-0.2, -0.15) is 4.31 Å². The summed E-state index contributed by atoms with van der Waals surface area (Å²) in [6, 6.07) is 20.5. The molecule has 1 atom stereocenters. The van der Waals surface area contributed by atoms with Crippen molar-refractivity contribution >= 4 is 27.5 Å². The van der Waals surface area contributed by atoms with Gasteiger partial charge in [0.2, 0.25) is 15.9 Å². The van der Waals surface area contributed by atoms with E-state index in [9.17, 15) is 13.2 Å². The molecule has 0 saturated heterocycles. The highest BCUT2D eigenvalue weighted by Gasteiger charge is 2.28. The Kier molecular flexibility index (Phi) is 8.13. The first kappa shape index (κ1) is 24.8. The summed E-state index contributed by atoms with van der Waals surface area (Å²) in [5.41, 5.74) is 2.60. The van der Waals surface area contributed by atoms with Crippen molar-refractivity contribution in [1.29, 1.82) is 0 Å². The molecule has 0 spiro atoms. The molecular formula is C25H27ClN2O4S. The van der Waals surface area contributed by atoms with Crippen LogP contribution in [0.1, 0.15) is 29.7 Å². The summed E-state index contributed by atoms with van der Waals surface area (Å²) >= 11 is 5.93. The molecule has 0 aliphatic heterocycles. The predicted molar refractivity (Wildman–Crippen MR) is 130 cm³/mol. The Morgan fingerprint density at radius 2 is 1.76 bits per heavy atom. The summed E-state index contributed by atoms with van der Waals surface area (Å²) in [7, 11) is -2.38. The molecule has 3 rings (SSSR count). The van der Waals surface area contributed by atoms with E-state index < -0.39 is 15.9 Å². The number of benzene rings is 3. The number of nitrogens with one attached hydrogen (secondary N) is 1. The first-order valence-electron chi connectivity index (χ1n) is 10.4. The molecule has 0 saturated carbocycles. The van der Waals surface area contributed by atoms with Crippen LogP contribution in [-0.4, -0.2) is 32.3 Å². The van der Waals surface area contributed by atoms with E-state index in [0.29, 0.717) is 10.8 Å². The van der Waals surface area contributed by atoms with Crippen LogP contribution >= 0.6 is 11.6 Å². The molecule has 0 aliphatic rings. The number of nitrogens with zero attached hydrogens (tertiary/aromatic N) is 1. The fraction of sp³-hybridized carbons (Fsp3) is 0.240. The number of methoxy groups -OCH3 is 1. The van der Waals surface area contributed by atoms with Gasteiger partial charge in [0.1, 0.15) is 5.75 Å². The van der Waals surface area contributed by atoms with E-state index in [-0.39, 0.29) is 24.0 Å². The van der Waals surface area contributed by atoms with E-state index >= 15 is 0 Å². The van der Waals surface area contributed by atoms with Gasteiger partial charge in [-0.3, -0.25) is 4.79 Å². The summed E-state index contributed by atoms with van der Waals surface area (Å²) < 4.78 is 33.4. The van der Waals surface area contributed by atoms with Crippen molar-refractivity contribution in [3.63, 3.8) is 0 Å². The van der Waals surface area contributed by atoms with Gasteiger partial charge in [0, 0.05) is 17.1 Å². The van der Waals surface area contributed by atoms with Gasteiger partial charge in [0.05, 0.1) is 24.6 Å². The fourth-order valence-corrected chi connectivity index (χ4v) is 5.06. The lowest BCUT2D eigenvalue weighted by molar-refractivity contribution is -0.122. The summed E-state index contributed by atoms with van der Waals surface area (Å²) in [6.45, 7) is 3.49. The van der Waals surface area contributed by atoms with Crippen LogP contribution in [0.5, 0.6) is 5.75 Å². The first-order valence-corrected chi connectivity index (χ1v) is 12.3. The zero-order chi connectivity index (χ0) is 24.0. The SMILES string of the molecule is COc1ccccc1[C@@H](C)NC(=O)CN(Cc1cccc(C)c1)S(=O)(=O)c1ccc(Cl)cc1. The van der Waals surface area contributed by atoms with E-state index in [2.05, 4.69) is 5.32 Å². The minimum Gasteiger partial charge on any atom is -0.496 e. The largest absolute Gasteiger partial charge is 0.496 e. The molecule has 3 aromatic rings. The molecule has 0 heterocycles. The molecule has 8 heteroatoms. The topological polar surface area (TPSA) is 75.7 Å². The monoisotopic (exact) mass is 486 g/mol. The number of ether oxygens (including phenoxy) is 1. The van der Waals surface area contributed by atoms with Crippen LogP contribution in [0, 0.1) is 6.92 Å². The molecule has 1 N–H and O–H groups in total.